The second kappa shape index (κ2) is 7.60. The van der Waals surface area contributed by atoms with Crippen LogP contribution in [0.2, 0.25) is 0 Å². The van der Waals surface area contributed by atoms with Gasteiger partial charge in [0.2, 0.25) is 15.9 Å². The minimum absolute atomic E-state index is 0.00652. The molecule has 0 unspecified atom stereocenters. The summed E-state index contributed by atoms with van der Waals surface area (Å²) in [5.74, 6) is -0.114. The average molecular weight is 328 g/mol. The molecule has 0 spiro atoms. The number of sulfonamides is 1. The van der Waals surface area contributed by atoms with Crippen LogP contribution in [0.1, 0.15) is 32.8 Å². The largest absolute Gasteiger partial charge is 0.495 e. The molecule has 0 aromatic heterocycles. The first-order valence-corrected chi connectivity index (χ1v) is 8.67. The lowest BCUT2D eigenvalue weighted by molar-refractivity contribution is -0.122. The number of hydrogen-bond acceptors (Lipinski definition) is 4. The summed E-state index contributed by atoms with van der Waals surface area (Å²) in [6.45, 7) is 7.11. The summed E-state index contributed by atoms with van der Waals surface area (Å²) >= 11 is 0. The van der Waals surface area contributed by atoms with Gasteiger partial charge in [0.25, 0.3) is 0 Å². The second-order valence-electron chi connectivity index (χ2n) is 5.32. The fourth-order valence-electron chi connectivity index (χ4n) is 1.81. The van der Waals surface area contributed by atoms with Gasteiger partial charge in [-0.25, -0.2) is 8.42 Å². The summed E-state index contributed by atoms with van der Waals surface area (Å²) in [5, 5.41) is 2.75. The Morgan fingerprint density at radius 2 is 1.95 bits per heavy atom. The fraction of sp³-hybridized carbons (Fsp3) is 0.533. The summed E-state index contributed by atoms with van der Waals surface area (Å²) in [4.78, 5) is 12.0. The maximum atomic E-state index is 12.5. The number of carbonyl (C=O) groups is 1. The van der Waals surface area contributed by atoms with Crippen LogP contribution in [0.4, 0.5) is 0 Å². The van der Waals surface area contributed by atoms with E-state index in [1.807, 2.05) is 13.8 Å². The van der Waals surface area contributed by atoms with Crippen LogP contribution in [-0.4, -0.2) is 33.5 Å². The lowest BCUT2D eigenvalue weighted by Crippen LogP contribution is -2.47. The highest BCUT2D eigenvalue weighted by atomic mass is 32.2. The number of carbonyl (C=O) groups excluding carboxylic acids is 1. The first-order valence-electron chi connectivity index (χ1n) is 7.18. The number of hydrogen-bond donors (Lipinski definition) is 2. The van der Waals surface area contributed by atoms with Crippen molar-refractivity contribution < 1.29 is 17.9 Å². The van der Waals surface area contributed by atoms with Crippen LogP contribution >= 0.6 is 0 Å². The molecule has 1 rings (SSSR count). The van der Waals surface area contributed by atoms with Crippen molar-refractivity contribution in [1.82, 2.24) is 10.0 Å². The molecule has 0 fully saturated rings. The number of aryl methyl sites for hydroxylation is 1. The minimum Gasteiger partial charge on any atom is -0.495 e. The summed E-state index contributed by atoms with van der Waals surface area (Å²) in [7, 11) is -2.44. The second-order valence-corrected chi connectivity index (χ2v) is 7.00. The molecule has 2 N–H and O–H groups in total. The predicted molar refractivity (Wildman–Crippen MR) is 85.4 cm³/mol. The van der Waals surface area contributed by atoms with Crippen molar-refractivity contribution in [1.29, 1.82) is 0 Å². The molecule has 0 bridgehead atoms. The standard InChI is InChI=1S/C15H24N2O4S/c1-6-11(3)16-15(18)12(4)17-22(19,20)14-9-10(2)7-8-13(14)21-5/h7-9,11-12,17H,6H2,1-5H3,(H,16,18)/t11-,12+/m1/s1. The molecule has 0 radical (unpaired) electrons. The van der Waals surface area contributed by atoms with Gasteiger partial charge in [0.15, 0.2) is 0 Å². The van der Waals surface area contributed by atoms with E-state index in [-0.39, 0.29) is 22.6 Å². The van der Waals surface area contributed by atoms with Crippen LogP contribution in [0, 0.1) is 6.92 Å². The molecular weight excluding hydrogens is 304 g/mol. The number of rotatable bonds is 7. The Morgan fingerprint density at radius 3 is 2.50 bits per heavy atom. The monoisotopic (exact) mass is 328 g/mol. The van der Waals surface area contributed by atoms with Gasteiger partial charge in [-0.3, -0.25) is 4.79 Å². The van der Waals surface area contributed by atoms with Crippen molar-refractivity contribution >= 4 is 15.9 Å². The quantitative estimate of drug-likeness (QED) is 0.796. The van der Waals surface area contributed by atoms with Gasteiger partial charge >= 0.3 is 0 Å². The molecule has 1 aromatic carbocycles. The molecule has 6 nitrogen and oxygen atoms in total. The molecule has 124 valence electrons. The van der Waals surface area contributed by atoms with Crippen molar-refractivity contribution in [2.24, 2.45) is 0 Å². The molecule has 1 aromatic rings. The van der Waals surface area contributed by atoms with Gasteiger partial charge in [-0.1, -0.05) is 13.0 Å². The van der Waals surface area contributed by atoms with E-state index >= 15 is 0 Å². The summed E-state index contributed by atoms with van der Waals surface area (Å²) in [6, 6.07) is 3.99. The Hall–Kier alpha value is -1.60. The Labute approximate surface area is 132 Å². The first-order chi connectivity index (χ1) is 10.2. The van der Waals surface area contributed by atoms with Crippen LogP contribution < -0.4 is 14.8 Å². The third-order valence-electron chi connectivity index (χ3n) is 3.33. The highest BCUT2D eigenvalue weighted by molar-refractivity contribution is 7.89. The minimum atomic E-state index is -3.85. The van der Waals surface area contributed by atoms with Crippen molar-refractivity contribution in [2.45, 2.75) is 51.1 Å². The van der Waals surface area contributed by atoms with Crippen LogP contribution in [0.5, 0.6) is 5.75 Å². The van der Waals surface area contributed by atoms with Crippen molar-refractivity contribution in [3.63, 3.8) is 0 Å². The summed E-state index contributed by atoms with van der Waals surface area (Å²) < 4.78 is 32.4. The molecule has 7 heteroatoms. The van der Waals surface area contributed by atoms with Gasteiger partial charge in [-0.2, -0.15) is 4.72 Å². The van der Waals surface area contributed by atoms with E-state index in [4.69, 9.17) is 4.74 Å². The highest BCUT2D eigenvalue weighted by Crippen LogP contribution is 2.24. The van der Waals surface area contributed by atoms with E-state index in [0.717, 1.165) is 12.0 Å². The number of ether oxygens (including phenoxy) is 1. The van der Waals surface area contributed by atoms with E-state index in [9.17, 15) is 13.2 Å². The SMILES string of the molecule is CC[C@@H](C)NC(=O)[C@H](C)NS(=O)(=O)c1cc(C)ccc1OC. The van der Waals surface area contributed by atoms with Crippen molar-refractivity contribution in [2.75, 3.05) is 7.11 Å². The van der Waals surface area contributed by atoms with Gasteiger partial charge in [0, 0.05) is 6.04 Å². The van der Waals surface area contributed by atoms with Crippen LogP contribution in [0.25, 0.3) is 0 Å². The molecule has 0 aliphatic rings. The zero-order valence-electron chi connectivity index (χ0n) is 13.6. The summed E-state index contributed by atoms with van der Waals surface area (Å²) in [6.07, 6.45) is 0.775. The Bertz CT molecular complexity index is 628. The lowest BCUT2D eigenvalue weighted by atomic mass is 10.2. The predicted octanol–water partition coefficient (Wildman–Crippen LogP) is 1.59. The molecule has 0 saturated heterocycles. The van der Waals surface area contributed by atoms with Crippen molar-refractivity contribution in [3.8, 4) is 5.75 Å². The molecule has 0 aliphatic heterocycles. The Kier molecular flexibility index (Phi) is 6.37. The molecule has 22 heavy (non-hydrogen) atoms. The van der Waals surface area contributed by atoms with Gasteiger partial charge in [-0.05, 0) is 44.9 Å². The van der Waals surface area contributed by atoms with Crippen molar-refractivity contribution in [3.05, 3.63) is 23.8 Å². The highest BCUT2D eigenvalue weighted by Gasteiger charge is 2.25. The Balaban J connectivity index is 2.96. The van der Waals surface area contributed by atoms with Gasteiger partial charge in [0.1, 0.15) is 10.6 Å². The van der Waals surface area contributed by atoms with E-state index < -0.39 is 16.1 Å². The number of amides is 1. The smallest absolute Gasteiger partial charge is 0.244 e. The van der Waals surface area contributed by atoms with Gasteiger partial charge in [0.05, 0.1) is 13.2 Å². The topological polar surface area (TPSA) is 84.5 Å². The van der Waals surface area contributed by atoms with Gasteiger partial charge < -0.3 is 10.1 Å². The average Bonchev–Trinajstić information content (AvgIpc) is 2.46. The molecule has 2 atom stereocenters. The van der Waals surface area contributed by atoms with Crippen LogP contribution in [-0.2, 0) is 14.8 Å². The number of benzene rings is 1. The lowest BCUT2D eigenvalue weighted by Gasteiger charge is -2.18. The molecule has 1 amide bonds. The van der Waals surface area contributed by atoms with E-state index in [2.05, 4.69) is 10.0 Å². The normalized spacial score (nSPS) is 14.2. The Morgan fingerprint density at radius 1 is 1.32 bits per heavy atom. The van der Waals surface area contributed by atoms with E-state index in [1.54, 1.807) is 19.1 Å². The number of nitrogens with one attached hydrogen (secondary N) is 2. The third-order valence-corrected chi connectivity index (χ3v) is 4.90. The zero-order chi connectivity index (χ0) is 16.9. The molecule has 0 saturated carbocycles. The maximum absolute atomic E-state index is 12.5. The van der Waals surface area contributed by atoms with Crippen LogP contribution in [0.3, 0.4) is 0 Å². The zero-order valence-corrected chi connectivity index (χ0v) is 14.5. The van der Waals surface area contributed by atoms with Gasteiger partial charge in [-0.15, -0.1) is 0 Å². The summed E-state index contributed by atoms with van der Waals surface area (Å²) in [5.41, 5.74) is 0.790. The first kappa shape index (κ1) is 18.4. The third kappa shape index (κ3) is 4.71. The molecule has 0 heterocycles. The number of methoxy groups -OCH3 is 1. The van der Waals surface area contributed by atoms with E-state index in [0.29, 0.717) is 0 Å². The fourth-order valence-corrected chi connectivity index (χ4v) is 3.27. The van der Waals surface area contributed by atoms with Crippen LogP contribution in [0.15, 0.2) is 23.1 Å². The molecule has 0 aliphatic carbocycles. The van der Waals surface area contributed by atoms with E-state index in [1.165, 1.54) is 20.1 Å². The molecular formula is C15H24N2O4S. The maximum Gasteiger partial charge on any atom is 0.244 e.